The predicted octanol–water partition coefficient (Wildman–Crippen LogP) is 2.71. The summed E-state index contributed by atoms with van der Waals surface area (Å²) in [4.78, 5) is 25.9. The highest BCUT2D eigenvalue weighted by atomic mass is 16.5. The molecule has 1 amide bonds. The minimum Gasteiger partial charge on any atom is -0.462 e. The largest absolute Gasteiger partial charge is 0.462 e. The van der Waals surface area contributed by atoms with Crippen LogP contribution in [0.3, 0.4) is 0 Å². The number of nitrogens with zero attached hydrogens (tertiary/aromatic N) is 2. The molecule has 7 heteroatoms. The van der Waals surface area contributed by atoms with Gasteiger partial charge < -0.3 is 19.7 Å². The number of amides is 1. The van der Waals surface area contributed by atoms with Gasteiger partial charge in [0.1, 0.15) is 11.6 Å². The van der Waals surface area contributed by atoms with E-state index in [1.165, 1.54) is 6.20 Å². The van der Waals surface area contributed by atoms with E-state index in [1.54, 1.807) is 29.2 Å². The second-order valence-electron chi connectivity index (χ2n) is 6.14. The Morgan fingerprint density at radius 2 is 1.96 bits per heavy atom. The first-order valence-corrected chi connectivity index (χ1v) is 9.16. The Morgan fingerprint density at radius 3 is 2.59 bits per heavy atom. The van der Waals surface area contributed by atoms with Crippen LogP contribution in [0.5, 0.6) is 0 Å². The van der Waals surface area contributed by atoms with E-state index in [1.807, 2.05) is 6.07 Å². The Balaban J connectivity index is 1.90. The highest BCUT2D eigenvalue weighted by molar-refractivity contribution is 5.97. The van der Waals surface area contributed by atoms with Crippen LogP contribution in [0.4, 0.5) is 5.69 Å². The lowest BCUT2D eigenvalue weighted by Gasteiger charge is -2.26. The zero-order valence-corrected chi connectivity index (χ0v) is 15.6. The fourth-order valence-corrected chi connectivity index (χ4v) is 2.54. The molecule has 0 bridgehead atoms. The number of nitrogens with one attached hydrogen (secondary N) is 1. The molecule has 0 spiro atoms. The van der Waals surface area contributed by atoms with Crippen molar-refractivity contribution in [2.45, 2.75) is 26.2 Å². The molecule has 144 valence electrons. The molecule has 7 nitrogen and oxygen atoms in total. The van der Waals surface area contributed by atoms with Crippen molar-refractivity contribution >= 4 is 17.6 Å². The molecule has 0 radical (unpaired) electrons. The normalized spacial score (nSPS) is 14.4. The van der Waals surface area contributed by atoms with E-state index < -0.39 is 0 Å². The zero-order valence-electron chi connectivity index (χ0n) is 15.6. The van der Waals surface area contributed by atoms with E-state index >= 15 is 0 Å². The number of carbonyl (C=O) groups is 2. The van der Waals surface area contributed by atoms with E-state index in [9.17, 15) is 14.9 Å². The number of hydrogen-bond acceptors (Lipinski definition) is 6. The molecular formula is C20H25N3O4. The molecule has 1 N–H and O–H groups in total. The molecule has 0 aliphatic carbocycles. The van der Waals surface area contributed by atoms with Crippen molar-refractivity contribution in [3.8, 4) is 6.07 Å². The molecule has 0 saturated carbocycles. The maximum Gasteiger partial charge on any atom is 0.338 e. The van der Waals surface area contributed by atoms with Gasteiger partial charge in [0, 0.05) is 25.0 Å². The Hall–Kier alpha value is -2.85. The van der Waals surface area contributed by atoms with Crippen LogP contribution < -0.4 is 5.32 Å². The fraction of sp³-hybridized carbons (Fsp3) is 0.450. The van der Waals surface area contributed by atoms with Crippen LogP contribution >= 0.6 is 0 Å². The minimum atomic E-state index is -0.353. The van der Waals surface area contributed by atoms with Gasteiger partial charge in [-0.05, 0) is 30.7 Å². The maximum absolute atomic E-state index is 12.3. The van der Waals surface area contributed by atoms with E-state index in [-0.39, 0.29) is 17.4 Å². The number of morpholine rings is 1. The summed E-state index contributed by atoms with van der Waals surface area (Å²) in [5, 5.41) is 12.2. The van der Waals surface area contributed by atoms with Gasteiger partial charge in [0.05, 0.1) is 25.4 Å². The monoisotopic (exact) mass is 371 g/mol. The molecule has 1 aromatic rings. The summed E-state index contributed by atoms with van der Waals surface area (Å²) in [6, 6.07) is 8.62. The summed E-state index contributed by atoms with van der Waals surface area (Å²) < 4.78 is 10.4. The number of unbranched alkanes of at least 4 members (excludes halogenated alkanes) is 2. The number of anilines is 1. The Kier molecular flexibility index (Phi) is 8.33. The van der Waals surface area contributed by atoms with Crippen LogP contribution in [0.2, 0.25) is 0 Å². The topological polar surface area (TPSA) is 91.7 Å². The van der Waals surface area contributed by atoms with Gasteiger partial charge in [-0.25, -0.2) is 4.79 Å². The first kappa shape index (κ1) is 20.5. The molecule has 1 heterocycles. The molecule has 1 aliphatic rings. The second-order valence-corrected chi connectivity index (χ2v) is 6.14. The van der Waals surface area contributed by atoms with Crippen LogP contribution in [0.25, 0.3) is 0 Å². The van der Waals surface area contributed by atoms with Gasteiger partial charge in [-0.3, -0.25) is 4.79 Å². The molecular weight excluding hydrogens is 346 g/mol. The summed E-state index contributed by atoms with van der Waals surface area (Å²) in [5.74, 6) is -0.672. The number of ether oxygens (including phenoxy) is 2. The highest BCUT2D eigenvalue weighted by Gasteiger charge is 2.20. The SMILES string of the molecule is CCCCCOC(=O)c1ccc(NC=C(C#N)C(=O)N2CCOCC2)cc1. The standard InChI is InChI=1S/C20H25N3O4/c1-2-3-4-11-27-20(25)16-5-7-18(8-6-16)22-15-17(14-21)19(24)23-9-12-26-13-10-23/h5-8,15,22H,2-4,9-13H2,1H3. The summed E-state index contributed by atoms with van der Waals surface area (Å²) in [5.41, 5.74) is 1.15. The first-order chi connectivity index (χ1) is 13.2. The van der Waals surface area contributed by atoms with E-state index in [0.717, 1.165) is 19.3 Å². The van der Waals surface area contributed by atoms with Crippen LogP contribution in [-0.2, 0) is 14.3 Å². The summed E-state index contributed by atoms with van der Waals surface area (Å²) in [6.07, 6.45) is 4.35. The van der Waals surface area contributed by atoms with E-state index in [4.69, 9.17) is 9.47 Å². The number of nitriles is 1. The lowest BCUT2D eigenvalue weighted by atomic mass is 10.2. The Morgan fingerprint density at radius 1 is 1.26 bits per heavy atom. The third kappa shape index (κ3) is 6.42. The lowest BCUT2D eigenvalue weighted by molar-refractivity contribution is -0.130. The molecule has 0 unspecified atom stereocenters. The van der Waals surface area contributed by atoms with Crippen LogP contribution in [-0.4, -0.2) is 49.7 Å². The van der Waals surface area contributed by atoms with Crippen molar-refractivity contribution in [1.82, 2.24) is 4.90 Å². The summed E-state index contributed by atoms with van der Waals surface area (Å²) in [6.45, 7) is 4.43. The average Bonchev–Trinajstić information content (AvgIpc) is 2.72. The molecule has 2 rings (SSSR count). The van der Waals surface area contributed by atoms with Crippen LogP contribution in [0.1, 0.15) is 36.5 Å². The van der Waals surface area contributed by atoms with Gasteiger partial charge in [-0.15, -0.1) is 0 Å². The van der Waals surface area contributed by atoms with Crippen LogP contribution in [0, 0.1) is 11.3 Å². The van der Waals surface area contributed by atoms with Crippen molar-refractivity contribution in [2.24, 2.45) is 0 Å². The van der Waals surface area contributed by atoms with Gasteiger partial charge in [-0.1, -0.05) is 19.8 Å². The Labute approximate surface area is 159 Å². The molecule has 1 aromatic carbocycles. The van der Waals surface area contributed by atoms with Gasteiger partial charge in [-0.2, -0.15) is 5.26 Å². The number of benzene rings is 1. The highest BCUT2D eigenvalue weighted by Crippen LogP contribution is 2.12. The summed E-state index contributed by atoms with van der Waals surface area (Å²) in [7, 11) is 0. The van der Waals surface area contributed by atoms with E-state index in [2.05, 4.69) is 12.2 Å². The molecule has 1 fully saturated rings. The smallest absolute Gasteiger partial charge is 0.338 e. The molecule has 0 aromatic heterocycles. The first-order valence-electron chi connectivity index (χ1n) is 9.16. The third-order valence-electron chi connectivity index (χ3n) is 4.13. The van der Waals surface area contributed by atoms with Crippen molar-refractivity contribution in [3.63, 3.8) is 0 Å². The van der Waals surface area contributed by atoms with Gasteiger partial charge in [0.15, 0.2) is 0 Å². The fourth-order valence-electron chi connectivity index (χ4n) is 2.54. The maximum atomic E-state index is 12.3. The molecule has 1 aliphatic heterocycles. The molecule has 1 saturated heterocycles. The van der Waals surface area contributed by atoms with Crippen LogP contribution in [0.15, 0.2) is 36.0 Å². The predicted molar refractivity (Wildman–Crippen MR) is 101 cm³/mol. The minimum absolute atomic E-state index is 0.0244. The Bertz CT molecular complexity index is 701. The second kappa shape index (κ2) is 11.0. The lowest BCUT2D eigenvalue weighted by Crippen LogP contribution is -2.41. The summed E-state index contributed by atoms with van der Waals surface area (Å²) >= 11 is 0. The van der Waals surface area contributed by atoms with Crippen molar-refractivity contribution < 1.29 is 19.1 Å². The van der Waals surface area contributed by atoms with Crippen molar-refractivity contribution in [2.75, 3.05) is 38.2 Å². The number of hydrogen-bond donors (Lipinski definition) is 1. The number of esters is 1. The average molecular weight is 371 g/mol. The molecule has 27 heavy (non-hydrogen) atoms. The zero-order chi connectivity index (χ0) is 19.5. The van der Waals surface area contributed by atoms with Gasteiger partial charge >= 0.3 is 5.97 Å². The van der Waals surface area contributed by atoms with Gasteiger partial charge in [0.25, 0.3) is 5.91 Å². The molecule has 0 atom stereocenters. The van der Waals surface area contributed by atoms with Crippen molar-refractivity contribution in [1.29, 1.82) is 5.26 Å². The van der Waals surface area contributed by atoms with E-state index in [0.29, 0.717) is 44.2 Å². The third-order valence-corrected chi connectivity index (χ3v) is 4.13. The van der Waals surface area contributed by atoms with Gasteiger partial charge in [0.2, 0.25) is 0 Å². The number of carbonyl (C=O) groups excluding carboxylic acids is 2. The quantitative estimate of drug-likeness (QED) is 0.327. The van der Waals surface area contributed by atoms with Crippen molar-refractivity contribution in [3.05, 3.63) is 41.6 Å². The number of rotatable bonds is 8.